The average Bonchev–Trinajstić information content (AvgIpc) is 1.98. The summed E-state index contributed by atoms with van der Waals surface area (Å²) in [7, 11) is 1.54. The van der Waals surface area contributed by atoms with Crippen LogP contribution < -0.4 is 5.32 Å². The third-order valence-electron chi connectivity index (χ3n) is 1.92. The third kappa shape index (κ3) is 6.23. The molecule has 0 saturated heterocycles. The monoisotopic (exact) mass is 232 g/mol. The minimum absolute atomic E-state index is 0.152. The molecule has 0 spiro atoms. The number of aliphatic carboxylic acids is 1. The molecule has 0 aromatic rings. The number of carboxylic acids is 1. The summed E-state index contributed by atoms with van der Waals surface area (Å²) in [4.78, 5) is 23.4. The Morgan fingerprint density at radius 3 is 2.31 bits per heavy atom. The zero-order chi connectivity index (χ0) is 12.9. The van der Waals surface area contributed by atoms with E-state index in [1.54, 1.807) is 27.8 Å². The fourth-order valence-corrected chi connectivity index (χ4v) is 1.29. The number of likely N-dealkylation sites (N-methyl/N-ethyl adjacent to an activating group) is 1. The summed E-state index contributed by atoms with van der Waals surface area (Å²) in [5.41, 5.74) is -0.810. The molecule has 1 unspecified atom stereocenters. The van der Waals surface area contributed by atoms with E-state index < -0.39 is 23.6 Å². The quantitative estimate of drug-likeness (QED) is 0.634. The van der Waals surface area contributed by atoms with Gasteiger partial charge < -0.3 is 20.4 Å². The standard InChI is InChI=1S/C10H20N2O4/c1-7(13)6-12(4)9(16)11-10(2,3)5-8(14)15/h7,13H,5-6H2,1-4H3,(H,11,16)(H,14,15). The zero-order valence-corrected chi connectivity index (χ0v) is 10.1. The first-order valence-electron chi connectivity index (χ1n) is 5.07. The van der Waals surface area contributed by atoms with Crippen LogP contribution in [0, 0.1) is 0 Å². The van der Waals surface area contributed by atoms with Gasteiger partial charge in [-0.1, -0.05) is 0 Å². The van der Waals surface area contributed by atoms with Crippen molar-refractivity contribution in [1.29, 1.82) is 0 Å². The summed E-state index contributed by atoms with van der Waals surface area (Å²) in [6, 6.07) is -0.396. The van der Waals surface area contributed by atoms with Crippen molar-refractivity contribution in [2.45, 2.75) is 38.8 Å². The van der Waals surface area contributed by atoms with Crippen LogP contribution in [0.3, 0.4) is 0 Å². The van der Waals surface area contributed by atoms with Gasteiger partial charge in [0.05, 0.1) is 12.5 Å². The molecule has 94 valence electrons. The van der Waals surface area contributed by atoms with E-state index in [2.05, 4.69) is 5.32 Å². The summed E-state index contributed by atoms with van der Waals surface area (Å²) in [5.74, 6) is -0.969. The molecule has 0 rings (SSSR count). The van der Waals surface area contributed by atoms with Gasteiger partial charge in [0, 0.05) is 19.1 Å². The lowest BCUT2D eigenvalue weighted by Gasteiger charge is -2.28. The minimum Gasteiger partial charge on any atom is -0.481 e. The maximum Gasteiger partial charge on any atom is 0.317 e. The van der Waals surface area contributed by atoms with Crippen LogP contribution in [-0.4, -0.2) is 52.3 Å². The van der Waals surface area contributed by atoms with Crippen LogP contribution in [0.25, 0.3) is 0 Å². The molecule has 0 aromatic heterocycles. The van der Waals surface area contributed by atoms with Crippen LogP contribution in [0.2, 0.25) is 0 Å². The Bertz CT molecular complexity index is 264. The van der Waals surface area contributed by atoms with E-state index in [9.17, 15) is 9.59 Å². The van der Waals surface area contributed by atoms with Crippen molar-refractivity contribution < 1.29 is 19.8 Å². The van der Waals surface area contributed by atoms with Gasteiger partial charge in [-0.25, -0.2) is 4.79 Å². The number of rotatable bonds is 5. The molecule has 2 amide bonds. The minimum atomic E-state index is -0.969. The molecule has 6 heteroatoms. The van der Waals surface area contributed by atoms with Gasteiger partial charge in [0.1, 0.15) is 0 Å². The number of nitrogens with one attached hydrogen (secondary N) is 1. The van der Waals surface area contributed by atoms with E-state index in [-0.39, 0.29) is 13.0 Å². The Morgan fingerprint density at radius 2 is 1.94 bits per heavy atom. The predicted octanol–water partition coefficient (Wildman–Crippen LogP) is 0.262. The summed E-state index contributed by atoms with van der Waals surface area (Å²) < 4.78 is 0. The summed E-state index contributed by atoms with van der Waals surface area (Å²) >= 11 is 0. The molecular formula is C10H20N2O4. The molecule has 0 saturated carbocycles. The van der Waals surface area contributed by atoms with E-state index >= 15 is 0 Å². The Morgan fingerprint density at radius 1 is 1.44 bits per heavy atom. The highest BCUT2D eigenvalue weighted by Gasteiger charge is 2.25. The van der Waals surface area contributed by atoms with Gasteiger partial charge in [0.2, 0.25) is 0 Å². The highest BCUT2D eigenvalue weighted by Crippen LogP contribution is 2.08. The van der Waals surface area contributed by atoms with Gasteiger partial charge in [-0.15, -0.1) is 0 Å². The van der Waals surface area contributed by atoms with Gasteiger partial charge >= 0.3 is 12.0 Å². The van der Waals surface area contributed by atoms with Crippen molar-refractivity contribution in [3.63, 3.8) is 0 Å². The summed E-state index contributed by atoms with van der Waals surface area (Å²) in [6.45, 7) is 5.05. The van der Waals surface area contributed by atoms with Gasteiger partial charge in [-0.2, -0.15) is 0 Å². The Hall–Kier alpha value is -1.30. The first-order valence-corrected chi connectivity index (χ1v) is 5.07. The lowest BCUT2D eigenvalue weighted by Crippen LogP contribution is -2.51. The van der Waals surface area contributed by atoms with Crippen LogP contribution in [0.1, 0.15) is 27.2 Å². The van der Waals surface area contributed by atoms with Crippen LogP contribution in [0.4, 0.5) is 4.79 Å². The Labute approximate surface area is 95.2 Å². The maximum absolute atomic E-state index is 11.6. The first kappa shape index (κ1) is 14.7. The van der Waals surface area contributed by atoms with Crippen molar-refractivity contribution >= 4 is 12.0 Å². The van der Waals surface area contributed by atoms with Crippen molar-refractivity contribution in [1.82, 2.24) is 10.2 Å². The van der Waals surface area contributed by atoms with Crippen molar-refractivity contribution in [2.24, 2.45) is 0 Å². The van der Waals surface area contributed by atoms with Gasteiger partial charge in [0.15, 0.2) is 0 Å². The number of aliphatic hydroxyl groups is 1. The van der Waals surface area contributed by atoms with Gasteiger partial charge in [-0.3, -0.25) is 4.79 Å². The normalized spacial score (nSPS) is 13.1. The molecule has 0 heterocycles. The number of aliphatic hydroxyl groups excluding tert-OH is 1. The second-order valence-electron chi connectivity index (χ2n) is 4.61. The second-order valence-corrected chi connectivity index (χ2v) is 4.61. The fourth-order valence-electron chi connectivity index (χ4n) is 1.29. The molecule has 0 aromatic carbocycles. The third-order valence-corrected chi connectivity index (χ3v) is 1.92. The predicted molar refractivity (Wildman–Crippen MR) is 59.2 cm³/mol. The lowest BCUT2D eigenvalue weighted by molar-refractivity contribution is -0.138. The molecule has 0 fully saturated rings. The maximum atomic E-state index is 11.6. The summed E-state index contributed by atoms with van der Waals surface area (Å²) in [6.07, 6.45) is -0.764. The van der Waals surface area contributed by atoms with Gasteiger partial charge in [0.25, 0.3) is 0 Å². The molecule has 3 N–H and O–H groups in total. The number of hydrogen-bond acceptors (Lipinski definition) is 3. The number of nitrogens with zero attached hydrogens (tertiary/aromatic N) is 1. The van der Waals surface area contributed by atoms with Crippen molar-refractivity contribution in [3.05, 3.63) is 0 Å². The van der Waals surface area contributed by atoms with E-state index in [0.29, 0.717) is 0 Å². The van der Waals surface area contributed by atoms with Crippen LogP contribution in [0.5, 0.6) is 0 Å². The largest absolute Gasteiger partial charge is 0.481 e. The molecule has 0 aliphatic carbocycles. The Balaban J connectivity index is 4.26. The highest BCUT2D eigenvalue weighted by molar-refractivity contribution is 5.76. The number of urea groups is 1. The second kappa shape index (κ2) is 5.69. The molecule has 0 bridgehead atoms. The Kier molecular flexibility index (Phi) is 5.23. The number of amides is 2. The molecule has 0 radical (unpaired) electrons. The summed E-state index contributed by atoms with van der Waals surface area (Å²) in [5, 5.41) is 20.3. The molecule has 16 heavy (non-hydrogen) atoms. The zero-order valence-electron chi connectivity index (χ0n) is 10.1. The lowest BCUT2D eigenvalue weighted by atomic mass is 10.0. The topological polar surface area (TPSA) is 89.9 Å². The number of hydrogen-bond donors (Lipinski definition) is 3. The number of carbonyl (C=O) groups is 2. The molecule has 0 aliphatic rings. The fraction of sp³-hybridized carbons (Fsp3) is 0.800. The van der Waals surface area contributed by atoms with E-state index in [0.717, 1.165) is 0 Å². The van der Waals surface area contributed by atoms with Crippen molar-refractivity contribution in [3.8, 4) is 0 Å². The van der Waals surface area contributed by atoms with Gasteiger partial charge in [-0.05, 0) is 20.8 Å². The SMILES string of the molecule is CC(O)CN(C)C(=O)NC(C)(C)CC(=O)O. The van der Waals surface area contributed by atoms with Crippen LogP contribution in [0.15, 0.2) is 0 Å². The van der Waals surface area contributed by atoms with E-state index in [1.165, 1.54) is 4.90 Å². The van der Waals surface area contributed by atoms with Crippen LogP contribution in [-0.2, 0) is 4.79 Å². The molecule has 0 aliphatic heterocycles. The van der Waals surface area contributed by atoms with E-state index in [1.807, 2.05) is 0 Å². The van der Waals surface area contributed by atoms with E-state index in [4.69, 9.17) is 10.2 Å². The number of carboxylic acid groups (broad SMARTS) is 1. The first-order chi connectivity index (χ1) is 7.14. The average molecular weight is 232 g/mol. The number of carbonyl (C=O) groups excluding carboxylic acids is 1. The highest BCUT2D eigenvalue weighted by atomic mass is 16.4. The molecular weight excluding hydrogens is 212 g/mol. The molecule has 1 atom stereocenters. The smallest absolute Gasteiger partial charge is 0.317 e. The van der Waals surface area contributed by atoms with Crippen LogP contribution >= 0.6 is 0 Å². The molecule has 6 nitrogen and oxygen atoms in total. The van der Waals surface area contributed by atoms with Crippen molar-refractivity contribution in [2.75, 3.05) is 13.6 Å².